The summed E-state index contributed by atoms with van der Waals surface area (Å²) in [7, 11) is 0. The van der Waals surface area contributed by atoms with Crippen LogP contribution < -0.4 is 21.3 Å². The van der Waals surface area contributed by atoms with Gasteiger partial charge in [-0.05, 0) is 31.4 Å². The summed E-state index contributed by atoms with van der Waals surface area (Å²) in [6.07, 6.45) is 6.95. The highest BCUT2D eigenvalue weighted by Crippen LogP contribution is 2.22. The summed E-state index contributed by atoms with van der Waals surface area (Å²) in [5.41, 5.74) is 9.83. The highest BCUT2D eigenvalue weighted by atomic mass is 15.3. The van der Waals surface area contributed by atoms with Crippen molar-refractivity contribution in [3.63, 3.8) is 0 Å². The van der Waals surface area contributed by atoms with Gasteiger partial charge in [-0.15, -0.1) is 5.10 Å². The fourth-order valence-corrected chi connectivity index (χ4v) is 4.38. The van der Waals surface area contributed by atoms with E-state index in [1.54, 1.807) is 10.7 Å². The highest BCUT2D eigenvalue weighted by molar-refractivity contribution is 5.61. The SMILES string of the molecule is CCCC(C)Nc1nc(N)c2ncc(Cc3cnc(N4CCN[C@@H](CC#N)C4)c(C)c3)n2n1. The Morgan fingerprint density at radius 3 is 2.97 bits per heavy atom. The normalized spacial score (nSPS) is 17.2. The first kappa shape index (κ1) is 22.7. The van der Waals surface area contributed by atoms with Crippen LogP contribution in [-0.2, 0) is 6.42 Å². The van der Waals surface area contributed by atoms with Crippen molar-refractivity contribution in [1.82, 2.24) is 29.9 Å². The number of imidazole rings is 1. The number of hydrogen-bond donors (Lipinski definition) is 3. The number of rotatable bonds is 8. The molecule has 0 aromatic carbocycles. The quantitative estimate of drug-likeness (QED) is 0.474. The zero-order chi connectivity index (χ0) is 23.4. The molecule has 10 heteroatoms. The van der Waals surface area contributed by atoms with Crippen molar-refractivity contribution in [2.75, 3.05) is 35.6 Å². The van der Waals surface area contributed by atoms with Crippen LogP contribution in [0.3, 0.4) is 0 Å². The first-order valence-corrected chi connectivity index (χ1v) is 11.6. The van der Waals surface area contributed by atoms with Crippen LogP contribution >= 0.6 is 0 Å². The van der Waals surface area contributed by atoms with E-state index in [9.17, 15) is 0 Å². The molecule has 1 unspecified atom stereocenters. The van der Waals surface area contributed by atoms with Crippen molar-refractivity contribution < 1.29 is 0 Å². The molecule has 0 radical (unpaired) electrons. The van der Waals surface area contributed by atoms with E-state index in [4.69, 9.17) is 16.0 Å². The van der Waals surface area contributed by atoms with Gasteiger partial charge in [0.25, 0.3) is 0 Å². The smallest absolute Gasteiger partial charge is 0.243 e. The van der Waals surface area contributed by atoms with Crippen LogP contribution in [0, 0.1) is 18.3 Å². The molecule has 0 amide bonds. The van der Waals surface area contributed by atoms with Crippen LogP contribution in [0.25, 0.3) is 5.65 Å². The number of nitrogens with two attached hydrogens (primary N) is 1. The molecular formula is C23H32N10. The van der Waals surface area contributed by atoms with Crippen LogP contribution in [0.1, 0.15) is 49.9 Å². The van der Waals surface area contributed by atoms with Crippen molar-refractivity contribution in [2.24, 2.45) is 0 Å². The van der Waals surface area contributed by atoms with Gasteiger partial charge >= 0.3 is 0 Å². The third kappa shape index (κ3) is 5.14. The number of pyridine rings is 1. The van der Waals surface area contributed by atoms with Gasteiger partial charge in [0.2, 0.25) is 5.95 Å². The third-order valence-electron chi connectivity index (χ3n) is 5.94. The Bertz CT molecular complexity index is 1150. The monoisotopic (exact) mass is 448 g/mol. The summed E-state index contributed by atoms with van der Waals surface area (Å²) < 4.78 is 1.77. The van der Waals surface area contributed by atoms with Crippen LogP contribution in [-0.4, -0.2) is 56.3 Å². The average molecular weight is 449 g/mol. The summed E-state index contributed by atoms with van der Waals surface area (Å²) in [5, 5.41) is 20.4. The molecule has 3 aromatic rings. The molecule has 1 fully saturated rings. The highest BCUT2D eigenvalue weighted by Gasteiger charge is 2.21. The van der Waals surface area contributed by atoms with Crippen LogP contribution in [0.5, 0.6) is 0 Å². The van der Waals surface area contributed by atoms with Gasteiger partial charge in [-0.3, -0.25) is 0 Å². The molecule has 4 rings (SSSR count). The van der Waals surface area contributed by atoms with Crippen molar-refractivity contribution in [3.05, 3.63) is 35.3 Å². The van der Waals surface area contributed by atoms with Gasteiger partial charge in [-0.25, -0.2) is 14.5 Å². The predicted molar refractivity (Wildman–Crippen MR) is 129 cm³/mol. The number of aromatic nitrogens is 5. The van der Waals surface area contributed by atoms with Crippen molar-refractivity contribution in [1.29, 1.82) is 5.26 Å². The molecule has 0 saturated carbocycles. The zero-order valence-electron chi connectivity index (χ0n) is 19.5. The lowest BCUT2D eigenvalue weighted by atomic mass is 10.1. The minimum Gasteiger partial charge on any atom is -0.380 e. The number of piperazine rings is 1. The van der Waals surface area contributed by atoms with Gasteiger partial charge in [-0.1, -0.05) is 19.4 Å². The first-order chi connectivity index (χ1) is 16.0. The summed E-state index contributed by atoms with van der Waals surface area (Å²) in [6.45, 7) is 8.86. The van der Waals surface area contributed by atoms with Crippen LogP contribution in [0.4, 0.5) is 17.6 Å². The minimum atomic E-state index is 0.177. The number of nitrogens with zero attached hydrogens (tertiary/aromatic N) is 7. The van der Waals surface area contributed by atoms with E-state index < -0.39 is 0 Å². The summed E-state index contributed by atoms with van der Waals surface area (Å²) in [6, 6.07) is 4.85. The van der Waals surface area contributed by atoms with Gasteiger partial charge in [0.1, 0.15) is 5.82 Å². The molecule has 1 saturated heterocycles. The van der Waals surface area contributed by atoms with Crippen molar-refractivity contribution in [2.45, 2.75) is 58.5 Å². The first-order valence-electron chi connectivity index (χ1n) is 11.6. The molecule has 1 aliphatic heterocycles. The Labute approximate surface area is 194 Å². The van der Waals surface area contributed by atoms with Crippen molar-refractivity contribution in [3.8, 4) is 6.07 Å². The largest absolute Gasteiger partial charge is 0.380 e. The molecule has 3 aromatic heterocycles. The Balaban J connectivity index is 1.54. The molecule has 0 aliphatic carbocycles. The number of aryl methyl sites for hydroxylation is 1. The van der Waals surface area contributed by atoms with Gasteiger partial charge in [0, 0.05) is 44.3 Å². The number of fused-ring (bicyclic) bond motifs is 1. The Morgan fingerprint density at radius 2 is 2.21 bits per heavy atom. The molecular weight excluding hydrogens is 416 g/mol. The fraction of sp³-hybridized carbons (Fsp3) is 0.522. The van der Waals surface area contributed by atoms with E-state index >= 15 is 0 Å². The lowest BCUT2D eigenvalue weighted by Crippen LogP contribution is -2.51. The third-order valence-corrected chi connectivity index (χ3v) is 5.94. The standard InChI is InChI=1S/C23H32N10/c1-4-5-16(3)29-23-30-20(25)22-28-13-19(33(22)31-23)11-17-10-15(2)21(27-12-17)32-9-8-26-18(14-32)6-7-24/h10,12-13,16,18,26H,4-6,8-9,11,14H2,1-3H3,(H3,25,29,30,31)/t16?,18-/m0/s1. The molecule has 4 N–H and O–H groups in total. The molecule has 0 bridgehead atoms. The maximum Gasteiger partial charge on any atom is 0.243 e. The van der Waals surface area contributed by atoms with E-state index in [-0.39, 0.29) is 12.1 Å². The Hall–Kier alpha value is -3.45. The van der Waals surface area contributed by atoms with Gasteiger partial charge in [0.05, 0.1) is 24.4 Å². The van der Waals surface area contributed by atoms with Crippen molar-refractivity contribution >= 4 is 23.2 Å². The Kier molecular flexibility index (Phi) is 6.89. The molecule has 174 valence electrons. The zero-order valence-corrected chi connectivity index (χ0v) is 19.5. The van der Waals surface area contributed by atoms with E-state index in [2.05, 4.69) is 63.5 Å². The second-order valence-electron chi connectivity index (χ2n) is 8.76. The number of anilines is 3. The van der Waals surface area contributed by atoms with Crippen LogP contribution in [0.2, 0.25) is 0 Å². The predicted octanol–water partition coefficient (Wildman–Crippen LogP) is 2.29. The molecule has 2 atom stereocenters. The van der Waals surface area contributed by atoms with E-state index in [1.807, 2.05) is 6.20 Å². The topological polar surface area (TPSA) is 133 Å². The number of nitrogen functional groups attached to an aromatic ring is 1. The molecule has 33 heavy (non-hydrogen) atoms. The number of nitriles is 1. The maximum absolute atomic E-state index is 9.01. The van der Waals surface area contributed by atoms with E-state index in [1.165, 1.54) is 0 Å². The fourth-order valence-electron chi connectivity index (χ4n) is 4.38. The molecule has 1 aliphatic rings. The summed E-state index contributed by atoms with van der Waals surface area (Å²) in [5.74, 6) is 1.84. The summed E-state index contributed by atoms with van der Waals surface area (Å²) in [4.78, 5) is 15.8. The lowest BCUT2D eigenvalue weighted by Gasteiger charge is -2.34. The van der Waals surface area contributed by atoms with Crippen LogP contribution in [0.15, 0.2) is 18.5 Å². The summed E-state index contributed by atoms with van der Waals surface area (Å²) >= 11 is 0. The number of nitrogens with one attached hydrogen (secondary N) is 2. The minimum absolute atomic E-state index is 0.177. The lowest BCUT2D eigenvalue weighted by molar-refractivity contribution is 0.460. The van der Waals surface area contributed by atoms with E-state index in [0.717, 1.165) is 55.1 Å². The van der Waals surface area contributed by atoms with Gasteiger partial charge in [0.15, 0.2) is 11.5 Å². The molecule has 10 nitrogen and oxygen atoms in total. The molecule has 0 spiro atoms. The maximum atomic E-state index is 9.01. The molecule has 4 heterocycles. The second kappa shape index (κ2) is 10.0. The number of hydrogen-bond acceptors (Lipinski definition) is 9. The van der Waals surface area contributed by atoms with E-state index in [0.29, 0.717) is 30.3 Å². The van der Waals surface area contributed by atoms with Gasteiger partial charge in [-0.2, -0.15) is 10.2 Å². The average Bonchev–Trinajstić information content (AvgIpc) is 3.17. The second-order valence-corrected chi connectivity index (χ2v) is 8.76. The van der Waals surface area contributed by atoms with Gasteiger partial charge < -0.3 is 21.3 Å². The Morgan fingerprint density at radius 1 is 1.36 bits per heavy atom.